The highest BCUT2D eigenvalue weighted by Gasteiger charge is 2.28. The van der Waals surface area contributed by atoms with Crippen molar-refractivity contribution in [3.8, 4) is 0 Å². The first kappa shape index (κ1) is 15.8. The van der Waals surface area contributed by atoms with Gasteiger partial charge < -0.3 is 10.2 Å². The highest BCUT2D eigenvalue weighted by Crippen LogP contribution is 2.30. The molecule has 0 radical (unpaired) electrons. The quantitative estimate of drug-likeness (QED) is 0.917. The summed E-state index contributed by atoms with van der Waals surface area (Å²) in [5.74, 6) is -0.795. The molecule has 5 heteroatoms. The smallest absolute Gasteiger partial charge is 0.229 e. The molecular weight excluding hydrogens is 315 g/mol. The van der Waals surface area contributed by atoms with Gasteiger partial charge in [0.1, 0.15) is 5.82 Å². The van der Waals surface area contributed by atoms with Gasteiger partial charge in [0.25, 0.3) is 0 Å². The maximum atomic E-state index is 13.5. The van der Waals surface area contributed by atoms with Crippen molar-refractivity contribution in [3.05, 3.63) is 58.9 Å². The Morgan fingerprint density at radius 3 is 2.87 bits per heavy atom. The van der Waals surface area contributed by atoms with E-state index in [9.17, 15) is 9.18 Å². The van der Waals surface area contributed by atoms with Crippen molar-refractivity contribution in [2.45, 2.75) is 13.3 Å². The molecule has 0 saturated carbocycles. The highest BCUT2D eigenvalue weighted by atomic mass is 35.5. The van der Waals surface area contributed by atoms with Gasteiger partial charge in [0.15, 0.2) is 0 Å². The summed E-state index contributed by atoms with van der Waals surface area (Å²) in [6.45, 7) is 3.58. The average Bonchev–Trinajstić information content (AvgIpc) is 2.57. The van der Waals surface area contributed by atoms with Crippen molar-refractivity contribution >= 4 is 28.9 Å². The fourth-order valence-corrected chi connectivity index (χ4v) is 3.10. The van der Waals surface area contributed by atoms with Crippen LogP contribution in [0.5, 0.6) is 0 Å². The molecule has 0 aromatic heterocycles. The third-order valence-corrected chi connectivity index (χ3v) is 4.49. The monoisotopic (exact) mass is 332 g/mol. The Balaban J connectivity index is 1.77. The number of anilines is 2. The van der Waals surface area contributed by atoms with E-state index in [0.29, 0.717) is 18.7 Å². The minimum atomic E-state index is -0.534. The lowest BCUT2D eigenvalue weighted by Crippen LogP contribution is -2.40. The molecule has 1 heterocycles. The summed E-state index contributed by atoms with van der Waals surface area (Å²) < 4.78 is 13.5. The zero-order valence-corrected chi connectivity index (χ0v) is 13.6. The number of para-hydroxylation sites is 1. The number of carbonyl (C=O) groups excluding carboxylic acids is 1. The number of halogens is 2. The first-order valence-corrected chi connectivity index (χ1v) is 8.05. The van der Waals surface area contributed by atoms with Crippen molar-refractivity contribution in [1.29, 1.82) is 0 Å². The molecule has 2 aromatic carbocycles. The van der Waals surface area contributed by atoms with Crippen molar-refractivity contribution < 1.29 is 9.18 Å². The zero-order valence-electron chi connectivity index (χ0n) is 12.9. The molecule has 120 valence electrons. The van der Waals surface area contributed by atoms with Crippen molar-refractivity contribution in [1.82, 2.24) is 0 Å². The molecule has 2 aromatic rings. The van der Waals surface area contributed by atoms with Gasteiger partial charge in [0.2, 0.25) is 5.91 Å². The van der Waals surface area contributed by atoms with E-state index < -0.39 is 5.82 Å². The van der Waals surface area contributed by atoms with E-state index >= 15 is 0 Å². The molecule has 23 heavy (non-hydrogen) atoms. The van der Waals surface area contributed by atoms with E-state index in [1.807, 2.05) is 12.1 Å². The SMILES string of the molecule is CCN1CC(C(=O)Nc2ccc(Cl)c(F)c2)Cc2ccccc21. The average molecular weight is 333 g/mol. The molecule has 1 atom stereocenters. The molecule has 0 saturated heterocycles. The van der Waals surface area contributed by atoms with Crippen LogP contribution in [-0.4, -0.2) is 19.0 Å². The van der Waals surface area contributed by atoms with E-state index in [1.165, 1.54) is 23.4 Å². The van der Waals surface area contributed by atoms with Crippen LogP contribution >= 0.6 is 11.6 Å². The first-order chi connectivity index (χ1) is 11.1. The molecule has 0 spiro atoms. The number of benzene rings is 2. The number of amides is 1. The van der Waals surface area contributed by atoms with Crippen LogP contribution in [0.3, 0.4) is 0 Å². The summed E-state index contributed by atoms with van der Waals surface area (Å²) in [6.07, 6.45) is 0.689. The summed E-state index contributed by atoms with van der Waals surface area (Å²) in [4.78, 5) is 14.7. The van der Waals surface area contributed by atoms with Crippen LogP contribution in [0, 0.1) is 11.7 Å². The lowest BCUT2D eigenvalue weighted by molar-refractivity contribution is -0.119. The van der Waals surface area contributed by atoms with Crippen LogP contribution in [0.4, 0.5) is 15.8 Å². The lowest BCUT2D eigenvalue weighted by atomic mass is 9.91. The number of fused-ring (bicyclic) bond motifs is 1. The standard InChI is InChI=1S/C18H18ClFN2O/c1-2-22-11-13(9-12-5-3-4-6-17(12)22)18(23)21-14-7-8-15(19)16(20)10-14/h3-8,10,13H,2,9,11H2,1H3,(H,21,23). The van der Waals surface area contributed by atoms with Gasteiger partial charge in [0.05, 0.1) is 10.9 Å². The fraction of sp³-hybridized carbons (Fsp3) is 0.278. The summed E-state index contributed by atoms with van der Waals surface area (Å²) in [5, 5.41) is 2.84. The molecule has 0 fully saturated rings. The second-order valence-electron chi connectivity index (χ2n) is 5.69. The third-order valence-electron chi connectivity index (χ3n) is 4.18. The Morgan fingerprint density at radius 2 is 2.13 bits per heavy atom. The minimum absolute atomic E-state index is 0.0479. The molecule has 3 rings (SSSR count). The van der Waals surface area contributed by atoms with E-state index in [2.05, 4.69) is 29.3 Å². The van der Waals surface area contributed by atoms with E-state index in [-0.39, 0.29) is 16.8 Å². The fourth-order valence-electron chi connectivity index (χ4n) is 2.98. The summed E-state index contributed by atoms with van der Waals surface area (Å²) in [5.41, 5.74) is 2.79. The number of nitrogens with zero attached hydrogens (tertiary/aromatic N) is 1. The second kappa shape index (κ2) is 6.59. The largest absolute Gasteiger partial charge is 0.371 e. The van der Waals surface area contributed by atoms with Crippen molar-refractivity contribution in [3.63, 3.8) is 0 Å². The molecular formula is C18H18ClFN2O. The van der Waals surface area contributed by atoms with Crippen LogP contribution in [-0.2, 0) is 11.2 Å². The maximum Gasteiger partial charge on any atom is 0.229 e. The number of nitrogens with one attached hydrogen (secondary N) is 1. The van der Waals surface area contributed by atoms with E-state index in [4.69, 9.17) is 11.6 Å². The highest BCUT2D eigenvalue weighted by molar-refractivity contribution is 6.30. The van der Waals surface area contributed by atoms with E-state index in [1.54, 1.807) is 6.07 Å². The van der Waals surface area contributed by atoms with Crippen molar-refractivity contribution in [2.75, 3.05) is 23.3 Å². The Hall–Kier alpha value is -2.07. The van der Waals surface area contributed by atoms with Gasteiger partial charge >= 0.3 is 0 Å². The number of carbonyl (C=O) groups is 1. The van der Waals surface area contributed by atoms with Gasteiger partial charge in [-0.15, -0.1) is 0 Å². The van der Waals surface area contributed by atoms with Crippen LogP contribution in [0.2, 0.25) is 5.02 Å². The molecule has 1 N–H and O–H groups in total. The van der Waals surface area contributed by atoms with Gasteiger partial charge in [-0.05, 0) is 43.2 Å². The maximum absolute atomic E-state index is 13.5. The molecule has 0 bridgehead atoms. The molecule has 3 nitrogen and oxygen atoms in total. The third kappa shape index (κ3) is 3.32. The number of hydrogen-bond donors (Lipinski definition) is 1. The van der Waals surface area contributed by atoms with Crippen LogP contribution in [0.1, 0.15) is 12.5 Å². The predicted molar refractivity (Wildman–Crippen MR) is 91.6 cm³/mol. The van der Waals surface area contributed by atoms with Gasteiger partial charge in [0, 0.05) is 24.5 Å². The molecule has 1 aliphatic rings. The lowest BCUT2D eigenvalue weighted by Gasteiger charge is -2.34. The van der Waals surface area contributed by atoms with Crippen LogP contribution in [0.25, 0.3) is 0 Å². The van der Waals surface area contributed by atoms with Crippen LogP contribution in [0.15, 0.2) is 42.5 Å². The molecule has 1 amide bonds. The zero-order chi connectivity index (χ0) is 16.4. The predicted octanol–water partition coefficient (Wildman–Crippen LogP) is 4.12. The Bertz CT molecular complexity index is 735. The molecule has 0 aliphatic carbocycles. The van der Waals surface area contributed by atoms with Crippen molar-refractivity contribution in [2.24, 2.45) is 5.92 Å². The molecule has 1 aliphatic heterocycles. The normalized spacial score (nSPS) is 16.8. The Kier molecular flexibility index (Phi) is 4.53. The van der Waals surface area contributed by atoms with Gasteiger partial charge in [-0.1, -0.05) is 29.8 Å². The van der Waals surface area contributed by atoms with Gasteiger partial charge in [-0.25, -0.2) is 4.39 Å². The Labute approximate surface area is 140 Å². The topological polar surface area (TPSA) is 32.3 Å². The summed E-state index contributed by atoms with van der Waals surface area (Å²) in [7, 11) is 0. The minimum Gasteiger partial charge on any atom is -0.371 e. The number of hydrogen-bond acceptors (Lipinski definition) is 2. The summed E-state index contributed by atoms with van der Waals surface area (Å²) in [6, 6.07) is 12.4. The first-order valence-electron chi connectivity index (χ1n) is 7.67. The van der Waals surface area contributed by atoms with Gasteiger partial charge in [-0.2, -0.15) is 0 Å². The second-order valence-corrected chi connectivity index (χ2v) is 6.09. The number of rotatable bonds is 3. The Morgan fingerprint density at radius 1 is 1.35 bits per heavy atom. The van der Waals surface area contributed by atoms with E-state index in [0.717, 1.165) is 6.54 Å². The van der Waals surface area contributed by atoms with Gasteiger partial charge in [-0.3, -0.25) is 4.79 Å². The summed E-state index contributed by atoms with van der Waals surface area (Å²) >= 11 is 5.67. The van der Waals surface area contributed by atoms with Crippen LogP contribution < -0.4 is 10.2 Å². The molecule has 1 unspecified atom stereocenters.